The first-order valence-electron chi connectivity index (χ1n) is 8.45. The first-order chi connectivity index (χ1) is 12.5. The van der Waals surface area contributed by atoms with Crippen molar-refractivity contribution in [2.45, 2.75) is 13.8 Å². The summed E-state index contributed by atoms with van der Waals surface area (Å²) < 4.78 is 8.41. The number of benzene rings is 1. The van der Waals surface area contributed by atoms with Gasteiger partial charge in [0.1, 0.15) is 11.6 Å². The highest BCUT2D eigenvalue weighted by atomic mass is 79.9. The largest absolute Gasteiger partial charge is 0.378 e. The van der Waals surface area contributed by atoms with Crippen LogP contribution in [0, 0.1) is 25.2 Å². The predicted octanol–water partition coefficient (Wildman–Crippen LogP) is 3.62. The lowest BCUT2D eigenvalue weighted by Gasteiger charge is -2.26. The molecule has 0 spiro atoms. The van der Waals surface area contributed by atoms with Crippen molar-refractivity contribution in [2.24, 2.45) is 0 Å². The van der Waals surface area contributed by atoms with Gasteiger partial charge in [-0.2, -0.15) is 5.26 Å². The average Bonchev–Trinajstić information content (AvgIpc) is 2.94. The second-order valence-corrected chi connectivity index (χ2v) is 7.13. The Morgan fingerprint density at radius 3 is 2.50 bits per heavy atom. The Morgan fingerprint density at radius 1 is 1.23 bits per heavy atom. The molecule has 0 aliphatic carbocycles. The van der Waals surface area contributed by atoms with Gasteiger partial charge >= 0.3 is 0 Å². The van der Waals surface area contributed by atoms with Crippen LogP contribution in [0.2, 0.25) is 0 Å². The van der Waals surface area contributed by atoms with Crippen molar-refractivity contribution in [1.29, 1.82) is 5.26 Å². The monoisotopic (exact) mass is 413 g/mol. The second-order valence-electron chi connectivity index (χ2n) is 6.21. The molecule has 134 valence electrons. The van der Waals surface area contributed by atoms with Crippen molar-refractivity contribution in [3.63, 3.8) is 0 Å². The molecule has 2 aromatic rings. The van der Waals surface area contributed by atoms with E-state index in [0.717, 1.165) is 27.1 Å². The van der Waals surface area contributed by atoms with E-state index in [0.29, 0.717) is 26.3 Å². The summed E-state index contributed by atoms with van der Waals surface area (Å²) in [6.45, 7) is 6.09. The maximum Gasteiger partial charge on any atom is 0.264 e. The minimum absolute atomic E-state index is 0.156. The molecule has 6 heteroatoms. The normalized spacial score (nSPS) is 15.0. The number of nitriles is 1. The molecule has 1 aliphatic heterocycles. The van der Waals surface area contributed by atoms with Gasteiger partial charge in [0.05, 0.1) is 13.2 Å². The Balaban J connectivity index is 1.94. The fraction of sp³-hybridized carbons (Fsp3) is 0.300. The van der Waals surface area contributed by atoms with Gasteiger partial charge in [0, 0.05) is 34.6 Å². The topological polar surface area (TPSA) is 58.3 Å². The number of hydrogen-bond donors (Lipinski definition) is 0. The van der Waals surface area contributed by atoms with Crippen LogP contribution in [-0.4, -0.2) is 41.7 Å². The van der Waals surface area contributed by atoms with Gasteiger partial charge in [-0.25, -0.2) is 0 Å². The van der Waals surface area contributed by atoms with E-state index in [1.807, 2.05) is 44.2 Å². The lowest BCUT2D eigenvalue weighted by Crippen LogP contribution is -2.41. The predicted molar refractivity (Wildman–Crippen MR) is 104 cm³/mol. The van der Waals surface area contributed by atoms with Crippen LogP contribution in [0.25, 0.3) is 11.8 Å². The third kappa shape index (κ3) is 3.74. The number of aromatic nitrogens is 1. The fourth-order valence-electron chi connectivity index (χ4n) is 3.16. The zero-order chi connectivity index (χ0) is 18.7. The molecule has 0 radical (unpaired) electrons. The summed E-state index contributed by atoms with van der Waals surface area (Å²) >= 11 is 3.45. The highest BCUT2D eigenvalue weighted by molar-refractivity contribution is 9.10. The summed E-state index contributed by atoms with van der Waals surface area (Å²) in [6.07, 6.45) is 1.69. The lowest BCUT2D eigenvalue weighted by molar-refractivity contribution is -0.130. The van der Waals surface area contributed by atoms with Gasteiger partial charge in [-0.15, -0.1) is 0 Å². The molecule has 3 rings (SSSR count). The summed E-state index contributed by atoms with van der Waals surface area (Å²) in [5.74, 6) is -0.232. The molecule has 1 aliphatic rings. The summed E-state index contributed by atoms with van der Waals surface area (Å²) in [7, 11) is 0. The summed E-state index contributed by atoms with van der Waals surface area (Å²) in [4.78, 5) is 14.3. The molecule has 1 aromatic carbocycles. The van der Waals surface area contributed by atoms with E-state index in [-0.39, 0.29) is 11.5 Å². The summed E-state index contributed by atoms with van der Waals surface area (Å²) in [6, 6.07) is 12.1. The van der Waals surface area contributed by atoms with Crippen molar-refractivity contribution in [2.75, 3.05) is 26.3 Å². The summed E-state index contributed by atoms with van der Waals surface area (Å²) in [5.41, 5.74) is 4.12. The van der Waals surface area contributed by atoms with Crippen LogP contribution in [0.1, 0.15) is 17.0 Å². The minimum Gasteiger partial charge on any atom is -0.378 e. The molecule has 26 heavy (non-hydrogen) atoms. The van der Waals surface area contributed by atoms with E-state index < -0.39 is 0 Å². The quantitative estimate of drug-likeness (QED) is 0.570. The maximum absolute atomic E-state index is 12.6. The van der Waals surface area contributed by atoms with Crippen molar-refractivity contribution in [1.82, 2.24) is 9.47 Å². The van der Waals surface area contributed by atoms with Gasteiger partial charge in [0.15, 0.2) is 0 Å². The molecule has 1 aromatic heterocycles. The number of morpholine rings is 1. The van der Waals surface area contributed by atoms with Crippen LogP contribution >= 0.6 is 15.9 Å². The number of hydrogen-bond acceptors (Lipinski definition) is 3. The van der Waals surface area contributed by atoms with Gasteiger partial charge in [0.25, 0.3) is 5.91 Å². The molecule has 2 heterocycles. The van der Waals surface area contributed by atoms with Crippen LogP contribution in [0.3, 0.4) is 0 Å². The Morgan fingerprint density at radius 2 is 1.88 bits per heavy atom. The summed E-state index contributed by atoms with van der Waals surface area (Å²) in [5, 5.41) is 9.49. The smallest absolute Gasteiger partial charge is 0.264 e. The number of rotatable bonds is 3. The van der Waals surface area contributed by atoms with Gasteiger partial charge in [0.2, 0.25) is 0 Å². The molecule has 0 N–H and O–H groups in total. The van der Waals surface area contributed by atoms with Gasteiger partial charge < -0.3 is 14.2 Å². The van der Waals surface area contributed by atoms with Gasteiger partial charge in [-0.1, -0.05) is 15.9 Å². The van der Waals surface area contributed by atoms with E-state index >= 15 is 0 Å². The molecule has 0 atom stereocenters. The number of carbonyl (C=O) groups is 1. The lowest BCUT2D eigenvalue weighted by atomic mass is 10.1. The molecular weight excluding hydrogens is 394 g/mol. The average molecular weight is 414 g/mol. The molecule has 5 nitrogen and oxygen atoms in total. The number of amides is 1. The number of nitrogens with zero attached hydrogens (tertiary/aromatic N) is 3. The molecular formula is C20H20BrN3O2. The SMILES string of the molecule is Cc1cc(C=C(C#N)C(=O)N2CCOCC2)c(C)n1-c1ccc(Br)cc1. The van der Waals surface area contributed by atoms with Crippen molar-refractivity contribution < 1.29 is 9.53 Å². The molecule has 0 saturated carbocycles. The molecule has 1 saturated heterocycles. The van der Waals surface area contributed by atoms with E-state index in [1.165, 1.54) is 0 Å². The molecule has 1 fully saturated rings. The van der Waals surface area contributed by atoms with Crippen molar-refractivity contribution >= 4 is 27.9 Å². The standard InChI is InChI=1S/C20H20BrN3O2/c1-14-11-16(15(2)24(14)19-5-3-18(21)4-6-19)12-17(13-22)20(25)23-7-9-26-10-8-23/h3-6,11-12H,7-10H2,1-2H3. The molecule has 1 amide bonds. The van der Waals surface area contributed by atoms with Gasteiger partial charge in [-0.05, 0) is 55.8 Å². The van der Waals surface area contributed by atoms with Crippen LogP contribution in [0.5, 0.6) is 0 Å². The molecule has 0 unspecified atom stereocenters. The third-order valence-electron chi connectivity index (χ3n) is 4.50. The van der Waals surface area contributed by atoms with Crippen molar-refractivity contribution in [3.05, 3.63) is 57.3 Å². The number of carbonyl (C=O) groups excluding carboxylic acids is 1. The highest BCUT2D eigenvalue weighted by Crippen LogP contribution is 2.24. The minimum atomic E-state index is -0.232. The zero-order valence-electron chi connectivity index (χ0n) is 14.8. The second kappa shape index (κ2) is 7.90. The maximum atomic E-state index is 12.6. The Labute approximate surface area is 161 Å². The van der Waals surface area contributed by atoms with E-state index in [9.17, 15) is 10.1 Å². The fourth-order valence-corrected chi connectivity index (χ4v) is 3.42. The van der Waals surface area contributed by atoms with E-state index in [2.05, 4.69) is 26.6 Å². The zero-order valence-corrected chi connectivity index (χ0v) is 16.4. The van der Waals surface area contributed by atoms with Crippen LogP contribution in [-0.2, 0) is 9.53 Å². The number of halogens is 1. The van der Waals surface area contributed by atoms with Gasteiger partial charge in [-0.3, -0.25) is 4.79 Å². The first kappa shape index (κ1) is 18.4. The van der Waals surface area contributed by atoms with E-state index in [1.54, 1.807) is 11.0 Å². The third-order valence-corrected chi connectivity index (χ3v) is 5.03. The Bertz CT molecular complexity index is 885. The van der Waals surface area contributed by atoms with Crippen LogP contribution in [0.4, 0.5) is 0 Å². The van der Waals surface area contributed by atoms with E-state index in [4.69, 9.17) is 4.74 Å². The Hall–Kier alpha value is -2.36. The Kier molecular flexibility index (Phi) is 5.60. The number of ether oxygens (including phenoxy) is 1. The van der Waals surface area contributed by atoms with Crippen LogP contribution < -0.4 is 0 Å². The highest BCUT2D eigenvalue weighted by Gasteiger charge is 2.21. The number of aryl methyl sites for hydroxylation is 1. The van der Waals surface area contributed by atoms with Crippen LogP contribution in [0.15, 0.2) is 40.4 Å². The molecule has 0 bridgehead atoms. The van der Waals surface area contributed by atoms with Crippen molar-refractivity contribution in [3.8, 4) is 11.8 Å². The first-order valence-corrected chi connectivity index (χ1v) is 9.24.